The van der Waals surface area contributed by atoms with Gasteiger partial charge < -0.3 is 5.11 Å². The van der Waals surface area contributed by atoms with Crippen LogP contribution in [-0.2, 0) is 17.8 Å². The first kappa shape index (κ1) is 18.0. The maximum absolute atomic E-state index is 12.5. The zero-order chi connectivity index (χ0) is 18.5. The first-order valence-electron chi connectivity index (χ1n) is 10.6. The molecule has 1 aromatic carbocycles. The molecule has 3 aliphatic carbocycles. The Balaban J connectivity index is 1.66. The van der Waals surface area contributed by atoms with Crippen LogP contribution < -0.4 is 0 Å². The fourth-order valence-electron chi connectivity index (χ4n) is 6.24. The molecular formula is C23H33NO2. The van der Waals surface area contributed by atoms with Crippen LogP contribution in [0.25, 0.3) is 0 Å². The molecule has 4 atom stereocenters. The van der Waals surface area contributed by atoms with Crippen LogP contribution >= 0.6 is 0 Å². The molecule has 142 valence electrons. The van der Waals surface area contributed by atoms with Crippen LogP contribution in [0.2, 0.25) is 0 Å². The van der Waals surface area contributed by atoms with Gasteiger partial charge in [0.15, 0.2) is 0 Å². The van der Waals surface area contributed by atoms with Crippen molar-refractivity contribution in [3.05, 3.63) is 28.8 Å². The second-order valence-corrected chi connectivity index (χ2v) is 8.97. The molecule has 2 saturated carbocycles. The number of rotatable bonds is 4. The lowest BCUT2D eigenvalue weighted by molar-refractivity contribution is -0.129. The van der Waals surface area contributed by atoms with Crippen LogP contribution in [0.5, 0.6) is 5.75 Å². The van der Waals surface area contributed by atoms with Gasteiger partial charge in [0.2, 0.25) is 0 Å². The summed E-state index contributed by atoms with van der Waals surface area (Å²) in [5, 5.41) is 10.6. The maximum atomic E-state index is 12.5. The summed E-state index contributed by atoms with van der Waals surface area (Å²) in [5.41, 5.74) is 3.84. The van der Waals surface area contributed by atoms with E-state index < -0.39 is 0 Å². The third-order valence-electron chi connectivity index (χ3n) is 7.92. The molecule has 0 bridgehead atoms. The van der Waals surface area contributed by atoms with Crippen LogP contribution in [0.15, 0.2) is 12.1 Å². The highest BCUT2D eigenvalue weighted by Gasteiger charge is 2.54. The largest absolute Gasteiger partial charge is 0.508 e. The molecule has 0 unspecified atom stereocenters. The molecule has 0 amide bonds. The van der Waals surface area contributed by atoms with Gasteiger partial charge in [-0.2, -0.15) is 0 Å². The summed E-state index contributed by atoms with van der Waals surface area (Å²) in [7, 11) is 0. The molecule has 0 aliphatic heterocycles. The van der Waals surface area contributed by atoms with E-state index in [0.717, 1.165) is 57.3 Å². The van der Waals surface area contributed by atoms with E-state index in [1.165, 1.54) is 17.5 Å². The predicted molar refractivity (Wildman–Crippen MR) is 104 cm³/mol. The van der Waals surface area contributed by atoms with Crippen molar-refractivity contribution >= 4 is 5.78 Å². The number of Topliss-reactive ketones (excluding diaryl/α,β-unsaturated/α-hetero) is 1. The summed E-state index contributed by atoms with van der Waals surface area (Å²) in [6, 6.07) is 4.34. The summed E-state index contributed by atoms with van der Waals surface area (Å²) >= 11 is 0. The number of benzene rings is 1. The lowest BCUT2D eigenvalue weighted by Gasteiger charge is -2.48. The van der Waals surface area contributed by atoms with E-state index >= 15 is 0 Å². The van der Waals surface area contributed by atoms with E-state index in [-0.39, 0.29) is 5.41 Å². The molecule has 0 heterocycles. The van der Waals surface area contributed by atoms with E-state index in [1.807, 2.05) is 6.07 Å². The molecule has 3 heteroatoms. The molecule has 3 nitrogen and oxygen atoms in total. The number of fused-ring (bicyclic) bond motifs is 5. The van der Waals surface area contributed by atoms with Crippen molar-refractivity contribution in [2.24, 2.45) is 17.3 Å². The minimum Gasteiger partial charge on any atom is -0.508 e. The highest BCUT2D eigenvalue weighted by molar-refractivity contribution is 5.87. The molecule has 1 aromatic rings. The van der Waals surface area contributed by atoms with Gasteiger partial charge in [0.25, 0.3) is 0 Å². The number of carbonyl (C=O) groups is 1. The van der Waals surface area contributed by atoms with Crippen LogP contribution in [0.1, 0.15) is 75.5 Å². The minimum absolute atomic E-state index is 0.0559. The molecule has 0 radical (unpaired) electrons. The fourth-order valence-corrected chi connectivity index (χ4v) is 6.24. The minimum atomic E-state index is -0.0559. The lowest BCUT2D eigenvalue weighted by Crippen LogP contribution is -2.42. The lowest BCUT2D eigenvalue weighted by atomic mass is 9.55. The number of phenolic OH excluding ortho intramolecular Hbond substituents is 1. The smallest absolute Gasteiger partial charge is 0.139 e. The molecule has 3 aliphatic rings. The second kappa shape index (κ2) is 6.67. The normalized spacial score (nSPS) is 33.1. The molecule has 0 aromatic heterocycles. The highest BCUT2D eigenvalue weighted by atomic mass is 16.3. The predicted octanol–water partition coefficient (Wildman–Crippen LogP) is 4.66. The maximum Gasteiger partial charge on any atom is 0.139 e. The van der Waals surface area contributed by atoms with Gasteiger partial charge in [0, 0.05) is 23.9 Å². The molecule has 1 N–H and O–H groups in total. The van der Waals surface area contributed by atoms with E-state index in [9.17, 15) is 9.90 Å². The van der Waals surface area contributed by atoms with Crippen molar-refractivity contribution in [2.45, 2.75) is 71.8 Å². The quantitative estimate of drug-likeness (QED) is 0.854. The third-order valence-corrected chi connectivity index (χ3v) is 7.92. The average molecular weight is 356 g/mol. The van der Waals surface area contributed by atoms with Crippen LogP contribution in [0, 0.1) is 17.3 Å². The number of carbonyl (C=O) groups excluding carboxylic acids is 1. The van der Waals surface area contributed by atoms with Crippen molar-refractivity contribution in [2.75, 3.05) is 13.1 Å². The first-order chi connectivity index (χ1) is 12.5. The van der Waals surface area contributed by atoms with Gasteiger partial charge in [-0.3, -0.25) is 9.69 Å². The van der Waals surface area contributed by atoms with Crippen LogP contribution in [0.4, 0.5) is 0 Å². The number of aromatic hydroxyl groups is 1. The first-order valence-corrected chi connectivity index (χ1v) is 10.6. The van der Waals surface area contributed by atoms with E-state index in [4.69, 9.17) is 0 Å². The Morgan fingerprint density at radius 1 is 1.15 bits per heavy atom. The van der Waals surface area contributed by atoms with Gasteiger partial charge in [-0.25, -0.2) is 0 Å². The van der Waals surface area contributed by atoms with Crippen LogP contribution in [0.3, 0.4) is 0 Å². The van der Waals surface area contributed by atoms with Crippen molar-refractivity contribution in [1.82, 2.24) is 4.90 Å². The van der Waals surface area contributed by atoms with Crippen molar-refractivity contribution in [3.63, 3.8) is 0 Å². The standard InChI is InChI=1S/C23H33NO2/c1-4-24(5-2)14-16-12-19-15(13-21(16)25)6-7-18-17(19)10-11-23(3)20(18)8-9-22(23)26/h12-13,17-18,20,25H,4-11,14H2,1-3H3/t17-,18+,20+,23+/m0/s1. The monoisotopic (exact) mass is 355 g/mol. The fraction of sp³-hybridized carbons (Fsp3) is 0.696. The summed E-state index contributed by atoms with van der Waals surface area (Å²) in [6.45, 7) is 9.41. The van der Waals surface area contributed by atoms with Crippen molar-refractivity contribution in [1.29, 1.82) is 0 Å². The van der Waals surface area contributed by atoms with E-state index in [0.29, 0.717) is 29.3 Å². The van der Waals surface area contributed by atoms with Gasteiger partial charge >= 0.3 is 0 Å². The molecule has 4 rings (SSSR count). The Kier molecular flexibility index (Phi) is 4.63. The molecule has 26 heavy (non-hydrogen) atoms. The number of ketones is 1. The van der Waals surface area contributed by atoms with Gasteiger partial charge in [-0.05, 0) is 80.1 Å². The number of aryl methyl sites for hydroxylation is 1. The number of hydrogen-bond acceptors (Lipinski definition) is 3. The van der Waals surface area contributed by atoms with E-state index in [2.05, 4.69) is 31.7 Å². The molecule has 0 spiro atoms. The Bertz CT molecular complexity index is 708. The molecule has 2 fully saturated rings. The van der Waals surface area contributed by atoms with Gasteiger partial charge in [0.1, 0.15) is 11.5 Å². The topological polar surface area (TPSA) is 40.5 Å². The SMILES string of the molecule is CCN(CC)Cc1cc2c(cc1O)CC[C@@H]1[C@@H]2CC[C@@]2(C)C(=O)CC[C@H]12. The third kappa shape index (κ3) is 2.70. The average Bonchev–Trinajstić information content (AvgIpc) is 2.95. The number of hydrogen-bond donors (Lipinski definition) is 1. The molecular weight excluding hydrogens is 322 g/mol. The summed E-state index contributed by atoms with van der Waals surface area (Å²) in [6.07, 6.45) is 6.29. The van der Waals surface area contributed by atoms with E-state index in [1.54, 1.807) is 0 Å². The Morgan fingerprint density at radius 2 is 1.92 bits per heavy atom. The Hall–Kier alpha value is -1.35. The van der Waals surface area contributed by atoms with Gasteiger partial charge in [-0.15, -0.1) is 0 Å². The Morgan fingerprint density at radius 3 is 2.65 bits per heavy atom. The number of phenols is 1. The van der Waals surface area contributed by atoms with Crippen LogP contribution in [-0.4, -0.2) is 28.9 Å². The summed E-state index contributed by atoms with van der Waals surface area (Å²) in [4.78, 5) is 14.9. The second-order valence-electron chi connectivity index (χ2n) is 8.97. The summed E-state index contributed by atoms with van der Waals surface area (Å²) < 4.78 is 0. The van der Waals surface area contributed by atoms with Gasteiger partial charge in [0.05, 0.1) is 0 Å². The van der Waals surface area contributed by atoms with Gasteiger partial charge in [-0.1, -0.05) is 26.8 Å². The zero-order valence-electron chi connectivity index (χ0n) is 16.6. The van der Waals surface area contributed by atoms with Crippen molar-refractivity contribution in [3.8, 4) is 5.75 Å². The zero-order valence-corrected chi connectivity index (χ0v) is 16.6. The Labute approximate surface area is 157 Å². The number of nitrogens with zero attached hydrogens (tertiary/aromatic N) is 1. The highest BCUT2D eigenvalue weighted by Crippen LogP contribution is 2.59. The van der Waals surface area contributed by atoms with Crippen molar-refractivity contribution < 1.29 is 9.90 Å². The summed E-state index contributed by atoms with van der Waals surface area (Å²) in [5.74, 6) is 2.78. The molecule has 0 saturated heterocycles.